The lowest BCUT2D eigenvalue weighted by molar-refractivity contribution is 0.0955. The van der Waals surface area contributed by atoms with E-state index in [2.05, 4.69) is 29.9 Å². The summed E-state index contributed by atoms with van der Waals surface area (Å²) in [4.78, 5) is 49.9. The molecular formula is C24H14BN8O4. The number of carbonyl (C=O) groups excluding carboxylic acids is 2. The molecule has 6 rings (SSSR count). The number of hydrogen-bond acceptors (Lipinski definition) is 10. The van der Waals surface area contributed by atoms with E-state index in [1.807, 2.05) is 0 Å². The summed E-state index contributed by atoms with van der Waals surface area (Å²) in [5.41, 5.74) is 2.80. The zero-order chi connectivity index (χ0) is 25.2. The molecule has 12 nitrogen and oxygen atoms in total. The Bertz CT molecular complexity index is 1620. The molecule has 0 aliphatic heterocycles. The molecule has 1 radical (unpaired) electrons. The molecule has 177 valence electrons. The summed E-state index contributed by atoms with van der Waals surface area (Å²) in [7, 11) is 1.16. The highest BCUT2D eigenvalue weighted by atomic mass is 16.6. The third kappa shape index (κ3) is 4.25. The summed E-state index contributed by atoms with van der Waals surface area (Å²) < 4.78 is 13.7. The number of imidazole rings is 2. The number of benzene rings is 2. The Kier molecular flexibility index (Phi) is 5.54. The quantitative estimate of drug-likeness (QED) is 0.320. The van der Waals surface area contributed by atoms with Gasteiger partial charge in [0.25, 0.3) is 11.8 Å². The highest BCUT2D eigenvalue weighted by Crippen LogP contribution is 2.18. The Morgan fingerprint density at radius 3 is 1.49 bits per heavy atom. The van der Waals surface area contributed by atoms with E-state index in [0.29, 0.717) is 45.0 Å². The van der Waals surface area contributed by atoms with Crippen LogP contribution >= 0.6 is 0 Å². The van der Waals surface area contributed by atoms with Gasteiger partial charge in [-0.05, 0) is 48.5 Å². The number of carbonyl (C=O) groups is 2. The van der Waals surface area contributed by atoms with Crippen LogP contribution in [0.1, 0.15) is 20.7 Å². The molecule has 13 heteroatoms. The molecule has 37 heavy (non-hydrogen) atoms. The molecular weight excluding hydrogens is 475 g/mol. The van der Waals surface area contributed by atoms with E-state index in [-0.39, 0.29) is 11.8 Å². The van der Waals surface area contributed by atoms with Crippen molar-refractivity contribution < 1.29 is 18.9 Å². The standard InChI is InChI=1S/C24H14BN8O4/c34-23(32-13-30-19-9-26-11-28-21(19)32)15-1-5-17(6-2-15)36-25-37-18-7-3-16(4-8-18)24(35)33-14-31-20-10-27-12-29-22(20)33/h1-14H. The molecule has 0 spiro atoms. The van der Waals surface area contributed by atoms with Crippen LogP contribution in [0.25, 0.3) is 22.3 Å². The van der Waals surface area contributed by atoms with Crippen molar-refractivity contribution in [3.63, 3.8) is 0 Å². The zero-order valence-corrected chi connectivity index (χ0v) is 18.9. The largest absolute Gasteiger partial charge is 0.658 e. The molecule has 0 atom stereocenters. The van der Waals surface area contributed by atoms with Crippen molar-refractivity contribution in [1.82, 2.24) is 39.0 Å². The van der Waals surface area contributed by atoms with E-state index in [9.17, 15) is 9.59 Å². The number of aromatic nitrogens is 8. The highest BCUT2D eigenvalue weighted by molar-refractivity contribution is 6.20. The van der Waals surface area contributed by atoms with Gasteiger partial charge in [-0.2, -0.15) is 0 Å². The Hall–Kier alpha value is -5.46. The molecule has 0 bridgehead atoms. The van der Waals surface area contributed by atoms with Crippen molar-refractivity contribution in [2.45, 2.75) is 0 Å². The normalized spacial score (nSPS) is 10.9. The number of rotatable bonds is 6. The second-order valence-electron chi connectivity index (χ2n) is 7.68. The second kappa shape index (κ2) is 9.30. The predicted octanol–water partition coefficient (Wildman–Crippen LogP) is 2.33. The van der Waals surface area contributed by atoms with Crippen molar-refractivity contribution in [3.05, 3.63) is 97.4 Å². The van der Waals surface area contributed by atoms with Crippen molar-refractivity contribution in [2.24, 2.45) is 0 Å². The molecule has 2 aromatic carbocycles. The third-order valence-electron chi connectivity index (χ3n) is 5.43. The first kappa shape index (κ1) is 22.0. The summed E-state index contributed by atoms with van der Waals surface area (Å²) in [5.74, 6) is 0.378. The average molecular weight is 489 g/mol. The van der Waals surface area contributed by atoms with Crippen LogP contribution in [0.2, 0.25) is 0 Å². The molecule has 0 amide bonds. The molecule has 0 saturated heterocycles. The first-order valence-corrected chi connectivity index (χ1v) is 10.9. The van der Waals surface area contributed by atoms with Crippen LogP contribution in [0, 0.1) is 0 Å². The molecule has 0 saturated carbocycles. The Labute approximate surface area is 208 Å². The fourth-order valence-corrected chi connectivity index (χ4v) is 3.60. The number of fused-ring (bicyclic) bond motifs is 2. The fraction of sp³-hybridized carbons (Fsp3) is 0. The van der Waals surface area contributed by atoms with Crippen LogP contribution in [0.3, 0.4) is 0 Å². The van der Waals surface area contributed by atoms with Crippen LogP contribution in [0.4, 0.5) is 0 Å². The first-order valence-electron chi connectivity index (χ1n) is 10.9. The topological polar surface area (TPSA) is 140 Å². The molecule has 4 aromatic heterocycles. The van der Waals surface area contributed by atoms with Gasteiger partial charge in [0.1, 0.15) is 47.8 Å². The van der Waals surface area contributed by atoms with E-state index >= 15 is 0 Å². The number of hydrogen-bond donors (Lipinski definition) is 0. The maximum atomic E-state index is 12.8. The SMILES string of the molecule is O=C(c1ccc(O[B]Oc2ccc(C(=O)n3cnc4cncnc43)cc2)cc1)n1cnc2cncnc21. The van der Waals surface area contributed by atoms with Gasteiger partial charge < -0.3 is 9.31 Å². The molecule has 0 N–H and O–H groups in total. The van der Waals surface area contributed by atoms with Crippen LogP contribution in [-0.4, -0.2) is 58.5 Å². The minimum absolute atomic E-state index is 0.279. The van der Waals surface area contributed by atoms with Gasteiger partial charge in [-0.15, -0.1) is 0 Å². The minimum Gasteiger partial charge on any atom is -0.526 e. The van der Waals surface area contributed by atoms with E-state index < -0.39 is 0 Å². The lowest BCUT2D eigenvalue weighted by Gasteiger charge is -2.08. The van der Waals surface area contributed by atoms with Gasteiger partial charge >= 0.3 is 7.69 Å². The smallest absolute Gasteiger partial charge is 0.526 e. The third-order valence-corrected chi connectivity index (χ3v) is 5.43. The Balaban J connectivity index is 1.06. The van der Waals surface area contributed by atoms with E-state index in [1.165, 1.54) is 34.4 Å². The van der Waals surface area contributed by atoms with Crippen molar-refractivity contribution in [2.75, 3.05) is 0 Å². The lowest BCUT2D eigenvalue weighted by atomic mass is 10.2. The van der Waals surface area contributed by atoms with Gasteiger partial charge in [0.2, 0.25) is 0 Å². The van der Waals surface area contributed by atoms with E-state index in [4.69, 9.17) is 9.31 Å². The molecule has 4 heterocycles. The van der Waals surface area contributed by atoms with E-state index in [0.717, 1.165) is 7.69 Å². The van der Waals surface area contributed by atoms with Gasteiger partial charge in [0, 0.05) is 11.1 Å². The summed E-state index contributed by atoms with van der Waals surface area (Å²) in [6.07, 6.45) is 8.64. The molecule has 0 aliphatic carbocycles. The monoisotopic (exact) mass is 489 g/mol. The molecule has 6 aromatic rings. The predicted molar refractivity (Wildman–Crippen MR) is 130 cm³/mol. The molecule has 0 aliphatic rings. The summed E-state index contributed by atoms with van der Waals surface area (Å²) in [6, 6.07) is 13.1. The van der Waals surface area contributed by atoms with E-state index in [1.54, 1.807) is 60.9 Å². The summed E-state index contributed by atoms with van der Waals surface area (Å²) in [6.45, 7) is 0. The Morgan fingerprint density at radius 2 is 1.05 bits per heavy atom. The van der Waals surface area contributed by atoms with Crippen molar-refractivity contribution >= 4 is 41.8 Å². The Morgan fingerprint density at radius 1 is 0.622 bits per heavy atom. The van der Waals surface area contributed by atoms with Crippen molar-refractivity contribution in [3.8, 4) is 11.5 Å². The van der Waals surface area contributed by atoms with Crippen LogP contribution < -0.4 is 9.31 Å². The van der Waals surface area contributed by atoms with Gasteiger partial charge in [-0.3, -0.25) is 9.59 Å². The van der Waals surface area contributed by atoms with Crippen LogP contribution in [0.5, 0.6) is 11.5 Å². The molecule has 0 unspecified atom stereocenters. The second-order valence-corrected chi connectivity index (χ2v) is 7.68. The van der Waals surface area contributed by atoms with Gasteiger partial charge in [0.15, 0.2) is 11.3 Å². The first-order chi connectivity index (χ1) is 18.2. The molecule has 0 fully saturated rings. The number of nitrogens with zero attached hydrogens (tertiary/aromatic N) is 8. The van der Waals surface area contributed by atoms with Crippen molar-refractivity contribution in [1.29, 1.82) is 0 Å². The summed E-state index contributed by atoms with van der Waals surface area (Å²) in [5, 5.41) is 0. The van der Waals surface area contributed by atoms with Crippen LogP contribution in [0.15, 0.2) is 86.2 Å². The maximum absolute atomic E-state index is 12.8. The average Bonchev–Trinajstić information content (AvgIpc) is 3.58. The maximum Gasteiger partial charge on any atom is 0.658 e. The van der Waals surface area contributed by atoms with Gasteiger partial charge in [0.05, 0.1) is 12.4 Å². The fourth-order valence-electron chi connectivity index (χ4n) is 3.60. The van der Waals surface area contributed by atoms with Gasteiger partial charge in [-0.1, -0.05) is 0 Å². The highest BCUT2D eigenvalue weighted by Gasteiger charge is 2.15. The zero-order valence-electron chi connectivity index (χ0n) is 18.9. The lowest BCUT2D eigenvalue weighted by Crippen LogP contribution is -2.13. The summed E-state index contributed by atoms with van der Waals surface area (Å²) >= 11 is 0. The van der Waals surface area contributed by atoms with Gasteiger partial charge in [-0.25, -0.2) is 39.0 Å². The minimum atomic E-state index is -0.279. The van der Waals surface area contributed by atoms with Crippen LogP contribution in [-0.2, 0) is 0 Å².